The number of hydrogen-bond donors (Lipinski definition) is 1. The topological polar surface area (TPSA) is 41.3 Å². The van der Waals surface area contributed by atoms with Gasteiger partial charge in [-0.05, 0) is 48.5 Å². The molecule has 0 amide bonds. The molecular formula is C16H28BrN3O. The molecule has 2 rings (SSSR count). The van der Waals surface area contributed by atoms with Gasteiger partial charge in [0.25, 0.3) is 0 Å². The Balaban J connectivity index is 2.03. The van der Waals surface area contributed by atoms with E-state index in [0.717, 1.165) is 54.9 Å². The molecule has 0 radical (unpaired) electrons. The zero-order chi connectivity index (χ0) is 15.6. The minimum atomic E-state index is -0.588. The van der Waals surface area contributed by atoms with Crippen LogP contribution in [-0.4, -0.2) is 45.0 Å². The molecule has 1 N–H and O–H groups in total. The molecule has 21 heavy (non-hydrogen) atoms. The van der Waals surface area contributed by atoms with Gasteiger partial charge in [0.2, 0.25) is 0 Å². The number of halogens is 1. The fraction of sp³-hybridized carbons (Fsp3) is 0.812. The zero-order valence-corrected chi connectivity index (χ0v) is 15.3. The van der Waals surface area contributed by atoms with Crippen LogP contribution in [0.1, 0.15) is 45.0 Å². The number of nitrogens with zero attached hydrogens (tertiary/aromatic N) is 3. The lowest BCUT2D eigenvalue weighted by molar-refractivity contribution is -0.0241. The third-order valence-electron chi connectivity index (χ3n) is 4.36. The molecule has 1 fully saturated rings. The van der Waals surface area contributed by atoms with Gasteiger partial charge in [0, 0.05) is 32.6 Å². The molecule has 0 atom stereocenters. The standard InChI is InChI=1S/C16H28BrN3O/c1-5-20-14(15(17)13(4)18-20)10-16(21)6-8-19(9-7-16)11-12(2)3/h12,21H,5-11H2,1-4H3. The minimum Gasteiger partial charge on any atom is -0.389 e. The quantitative estimate of drug-likeness (QED) is 0.880. The van der Waals surface area contributed by atoms with E-state index >= 15 is 0 Å². The number of piperidine rings is 1. The van der Waals surface area contributed by atoms with Crippen LogP contribution in [-0.2, 0) is 13.0 Å². The van der Waals surface area contributed by atoms with E-state index < -0.39 is 5.60 Å². The SMILES string of the molecule is CCn1nc(C)c(Br)c1CC1(O)CCN(CC(C)C)CC1. The normalized spacial score (nSPS) is 19.4. The van der Waals surface area contributed by atoms with Crippen molar-refractivity contribution in [3.8, 4) is 0 Å². The number of likely N-dealkylation sites (tertiary alicyclic amines) is 1. The van der Waals surface area contributed by atoms with E-state index in [0.29, 0.717) is 12.3 Å². The lowest BCUT2D eigenvalue weighted by atomic mass is 9.86. The summed E-state index contributed by atoms with van der Waals surface area (Å²) in [5, 5.41) is 15.5. The van der Waals surface area contributed by atoms with Crippen LogP contribution in [0, 0.1) is 12.8 Å². The monoisotopic (exact) mass is 357 g/mol. The molecule has 0 aromatic carbocycles. The van der Waals surface area contributed by atoms with Crippen molar-refractivity contribution in [3.63, 3.8) is 0 Å². The van der Waals surface area contributed by atoms with Crippen LogP contribution in [0.3, 0.4) is 0 Å². The Morgan fingerprint density at radius 3 is 2.48 bits per heavy atom. The van der Waals surface area contributed by atoms with Gasteiger partial charge in [0.15, 0.2) is 0 Å². The molecule has 0 bridgehead atoms. The lowest BCUT2D eigenvalue weighted by Gasteiger charge is -2.39. The van der Waals surface area contributed by atoms with E-state index in [1.165, 1.54) is 0 Å². The van der Waals surface area contributed by atoms with Crippen LogP contribution in [0.5, 0.6) is 0 Å². The van der Waals surface area contributed by atoms with Crippen molar-refractivity contribution in [1.29, 1.82) is 0 Å². The highest BCUT2D eigenvalue weighted by Crippen LogP contribution is 2.31. The minimum absolute atomic E-state index is 0.588. The smallest absolute Gasteiger partial charge is 0.0738 e. The highest BCUT2D eigenvalue weighted by atomic mass is 79.9. The summed E-state index contributed by atoms with van der Waals surface area (Å²) in [6.45, 7) is 12.6. The first kappa shape index (κ1) is 17.0. The fourth-order valence-electron chi connectivity index (χ4n) is 3.19. The number of hydrogen-bond acceptors (Lipinski definition) is 3. The molecule has 1 aliphatic rings. The van der Waals surface area contributed by atoms with Gasteiger partial charge in [-0.2, -0.15) is 5.10 Å². The second-order valence-corrected chi connectivity index (χ2v) is 7.55. The molecule has 1 aromatic rings. The summed E-state index contributed by atoms with van der Waals surface area (Å²) in [6, 6.07) is 0. The Labute approximate surface area is 136 Å². The molecule has 0 unspecified atom stereocenters. The molecule has 1 aliphatic heterocycles. The van der Waals surface area contributed by atoms with Gasteiger partial charge in [0.1, 0.15) is 0 Å². The van der Waals surface area contributed by atoms with Crippen LogP contribution >= 0.6 is 15.9 Å². The Hall–Kier alpha value is -0.390. The van der Waals surface area contributed by atoms with E-state index in [1.54, 1.807) is 0 Å². The first-order valence-corrected chi connectivity index (χ1v) is 8.80. The van der Waals surface area contributed by atoms with Gasteiger partial charge in [-0.15, -0.1) is 0 Å². The van der Waals surface area contributed by atoms with Gasteiger partial charge in [0.05, 0.1) is 21.5 Å². The van der Waals surface area contributed by atoms with Gasteiger partial charge in [-0.1, -0.05) is 13.8 Å². The maximum atomic E-state index is 10.9. The van der Waals surface area contributed by atoms with Gasteiger partial charge in [-0.3, -0.25) is 4.68 Å². The van der Waals surface area contributed by atoms with Crippen LogP contribution < -0.4 is 0 Å². The lowest BCUT2D eigenvalue weighted by Crippen LogP contribution is -2.46. The van der Waals surface area contributed by atoms with Crippen LogP contribution in [0.2, 0.25) is 0 Å². The van der Waals surface area contributed by atoms with E-state index in [4.69, 9.17) is 0 Å². The van der Waals surface area contributed by atoms with Gasteiger partial charge >= 0.3 is 0 Å². The number of aliphatic hydroxyl groups is 1. The second kappa shape index (κ2) is 6.80. The predicted molar refractivity (Wildman–Crippen MR) is 89.5 cm³/mol. The van der Waals surface area contributed by atoms with E-state index in [-0.39, 0.29) is 0 Å². The summed E-state index contributed by atoms with van der Waals surface area (Å²) in [5.41, 5.74) is 1.55. The summed E-state index contributed by atoms with van der Waals surface area (Å²) < 4.78 is 3.07. The first-order chi connectivity index (χ1) is 9.84. The third kappa shape index (κ3) is 4.08. The Morgan fingerprint density at radius 2 is 1.95 bits per heavy atom. The average molecular weight is 358 g/mol. The third-order valence-corrected chi connectivity index (χ3v) is 5.39. The van der Waals surface area contributed by atoms with Crippen molar-refractivity contribution in [3.05, 3.63) is 15.9 Å². The number of aryl methyl sites for hydroxylation is 2. The summed E-state index contributed by atoms with van der Waals surface area (Å²) in [7, 11) is 0. The van der Waals surface area contributed by atoms with Crippen molar-refractivity contribution in [1.82, 2.24) is 14.7 Å². The van der Waals surface area contributed by atoms with Gasteiger partial charge < -0.3 is 10.0 Å². The predicted octanol–water partition coefficient (Wildman–Crippen LogP) is 3.00. The number of rotatable bonds is 5. The molecule has 0 spiro atoms. The molecule has 120 valence electrons. The van der Waals surface area contributed by atoms with E-state index in [1.807, 2.05) is 11.6 Å². The molecule has 5 heteroatoms. The van der Waals surface area contributed by atoms with Crippen LogP contribution in [0.4, 0.5) is 0 Å². The fourth-order valence-corrected chi connectivity index (χ4v) is 3.62. The van der Waals surface area contributed by atoms with Crippen LogP contribution in [0.15, 0.2) is 4.47 Å². The number of aromatic nitrogens is 2. The van der Waals surface area contributed by atoms with Crippen molar-refractivity contribution in [2.75, 3.05) is 19.6 Å². The maximum absolute atomic E-state index is 10.9. The average Bonchev–Trinajstić information content (AvgIpc) is 2.69. The highest BCUT2D eigenvalue weighted by molar-refractivity contribution is 9.10. The van der Waals surface area contributed by atoms with E-state index in [2.05, 4.69) is 46.7 Å². The van der Waals surface area contributed by atoms with Gasteiger partial charge in [-0.25, -0.2) is 0 Å². The van der Waals surface area contributed by atoms with E-state index in [9.17, 15) is 5.11 Å². The van der Waals surface area contributed by atoms with Crippen LogP contribution in [0.25, 0.3) is 0 Å². The molecular weight excluding hydrogens is 330 g/mol. The molecule has 1 aromatic heterocycles. The Kier molecular flexibility index (Phi) is 5.49. The summed E-state index contributed by atoms with van der Waals surface area (Å²) in [4.78, 5) is 2.47. The summed E-state index contributed by atoms with van der Waals surface area (Å²) in [5.74, 6) is 0.689. The summed E-state index contributed by atoms with van der Waals surface area (Å²) in [6.07, 6.45) is 2.39. The van der Waals surface area contributed by atoms with Crippen molar-refractivity contribution >= 4 is 15.9 Å². The zero-order valence-electron chi connectivity index (χ0n) is 13.7. The first-order valence-electron chi connectivity index (χ1n) is 8.01. The summed E-state index contributed by atoms with van der Waals surface area (Å²) >= 11 is 3.63. The molecule has 4 nitrogen and oxygen atoms in total. The van der Waals surface area contributed by atoms with Crippen molar-refractivity contribution in [2.24, 2.45) is 5.92 Å². The van der Waals surface area contributed by atoms with Crippen molar-refractivity contribution < 1.29 is 5.11 Å². The Bertz CT molecular complexity index is 476. The second-order valence-electron chi connectivity index (χ2n) is 6.76. The Morgan fingerprint density at radius 1 is 1.33 bits per heavy atom. The highest BCUT2D eigenvalue weighted by Gasteiger charge is 2.34. The molecule has 2 heterocycles. The maximum Gasteiger partial charge on any atom is 0.0738 e. The molecule has 0 saturated carbocycles. The molecule has 0 aliphatic carbocycles. The largest absolute Gasteiger partial charge is 0.389 e. The molecule has 1 saturated heterocycles. The van der Waals surface area contributed by atoms with Crippen molar-refractivity contribution in [2.45, 2.75) is 59.1 Å².